The van der Waals surface area contributed by atoms with E-state index < -0.39 is 21.3 Å². The van der Waals surface area contributed by atoms with Crippen LogP contribution in [0.1, 0.15) is 124 Å². The van der Waals surface area contributed by atoms with Gasteiger partial charge in [-0.25, -0.2) is 0 Å². The minimum absolute atomic E-state index is 0.0570. The fourth-order valence-electron chi connectivity index (χ4n) is 13.9. The standard InChI is InChI=1S/C29H37.C19H22.C5H5.Zr/c1-21-14-13-15-22-20-27(6)25(4)18-10-9-16-23(25,2)24(3)17-11-12-19-26(24,5)29(27,8)28(21,22)7;1-14(2)18-9-5-16(6-10-18)13-17-7-11-19(12-8-17)15(3)4;1-2-4-5-3-1;/h9-20,22H,1-8H3;5-12,14-15H,1-4H3;1-3H,4H2;. The molecule has 0 amide bonds. The Hall–Kier alpha value is -2.89. The molecule has 2 saturated carbocycles. The van der Waals surface area contributed by atoms with Gasteiger partial charge in [0.05, 0.1) is 0 Å². The number of rotatable bonds is 6. The van der Waals surface area contributed by atoms with Gasteiger partial charge in [-0.15, -0.1) is 0 Å². The molecule has 0 aromatic heterocycles. The molecular formula is C53H64Zr. The summed E-state index contributed by atoms with van der Waals surface area (Å²) in [4.78, 5) is 0. The molecule has 0 radical (unpaired) electrons. The molecule has 54 heavy (non-hydrogen) atoms. The first-order valence-corrected chi connectivity index (χ1v) is 24.8. The number of hydrogen-bond donors (Lipinski definition) is 0. The van der Waals surface area contributed by atoms with E-state index in [2.05, 4.69) is 217 Å². The van der Waals surface area contributed by atoms with Crippen LogP contribution in [0.4, 0.5) is 0 Å². The van der Waals surface area contributed by atoms with E-state index in [0.29, 0.717) is 21.4 Å². The van der Waals surface area contributed by atoms with Gasteiger partial charge in [-0.1, -0.05) is 0 Å². The Balaban J connectivity index is 1.56. The van der Waals surface area contributed by atoms with Crippen LogP contribution in [0, 0.1) is 43.8 Å². The van der Waals surface area contributed by atoms with Crippen molar-refractivity contribution >= 4 is 3.21 Å². The average Bonchev–Trinajstić information content (AvgIpc) is 3.74. The second kappa shape index (κ2) is 12.6. The number of allylic oxidation sites excluding steroid dienone is 16. The van der Waals surface area contributed by atoms with Gasteiger partial charge >= 0.3 is 338 Å². The van der Waals surface area contributed by atoms with Gasteiger partial charge in [0, 0.05) is 0 Å². The fourth-order valence-corrected chi connectivity index (χ4v) is 25.2. The molecule has 9 atom stereocenters. The molecule has 6 aliphatic rings. The Morgan fingerprint density at radius 3 is 1.56 bits per heavy atom. The third kappa shape index (κ3) is 4.38. The van der Waals surface area contributed by atoms with Crippen LogP contribution in [0.2, 0.25) is 3.63 Å². The molecular weight excluding hydrogens is 728 g/mol. The summed E-state index contributed by atoms with van der Waals surface area (Å²) in [5.41, 5.74) is 6.60. The van der Waals surface area contributed by atoms with Gasteiger partial charge in [0.2, 0.25) is 0 Å². The predicted octanol–water partition coefficient (Wildman–Crippen LogP) is 14.2. The first-order valence-electron chi connectivity index (χ1n) is 20.9. The SMILES string of the molecule is CC1=CC=CC2[CH]([Zr]([C]3=CC=CC3)=[C](c3ccc(C(C)C)cc3)c3ccc(C(C)C)cc3)C3(C)C4(C)C=CC=CC4(C)C4(C)C=CC=CC4(C)C3(C)C12C. The monoisotopic (exact) mass is 790 g/mol. The van der Waals surface area contributed by atoms with Crippen molar-refractivity contribution in [2.24, 2.45) is 43.8 Å². The molecule has 8 rings (SSSR count). The summed E-state index contributed by atoms with van der Waals surface area (Å²) in [5, 5.41) is 0. The van der Waals surface area contributed by atoms with Crippen molar-refractivity contribution in [3.05, 3.63) is 165 Å². The van der Waals surface area contributed by atoms with Crippen molar-refractivity contribution in [2.75, 3.05) is 0 Å². The van der Waals surface area contributed by atoms with Crippen LogP contribution in [-0.4, -0.2) is 3.21 Å². The van der Waals surface area contributed by atoms with Crippen LogP contribution < -0.4 is 0 Å². The summed E-state index contributed by atoms with van der Waals surface area (Å²) in [6, 6.07) is 19.7. The number of fused-ring (bicyclic) bond motifs is 8. The second-order valence-electron chi connectivity index (χ2n) is 19.7. The molecule has 2 fully saturated rings. The molecule has 0 nitrogen and oxygen atoms in total. The van der Waals surface area contributed by atoms with Gasteiger partial charge in [0.25, 0.3) is 0 Å². The van der Waals surface area contributed by atoms with E-state index in [4.69, 9.17) is 0 Å². The van der Waals surface area contributed by atoms with Crippen LogP contribution in [-0.2, 0) is 21.3 Å². The zero-order valence-corrected chi connectivity index (χ0v) is 37.7. The van der Waals surface area contributed by atoms with E-state index in [9.17, 15) is 0 Å². The van der Waals surface area contributed by atoms with Crippen LogP contribution in [0.5, 0.6) is 0 Å². The molecule has 9 unspecified atom stereocenters. The Kier molecular flexibility index (Phi) is 8.84. The first-order chi connectivity index (χ1) is 25.5. The van der Waals surface area contributed by atoms with E-state index in [1.165, 1.54) is 22.3 Å². The van der Waals surface area contributed by atoms with E-state index in [1.54, 1.807) is 12.1 Å². The summed E-state index contributed by atoms with van der Waals surface area (Å²) in [6.07, 6.45) is 36.4. The Morgan fingerprint density at radius 1 is 0.593 bits per heavy atom. The van der Waals surface area contributed by atoms with Gasteiger partial charge in [-0.2, -0.15) is 0 Å². The van der Waals surface area contributed by atoms with Crippen LogP contribution in [0.15, 0.2) is 142 Å². The molecule has 0 saturated heterocycles. The van der Waals surface area contributed by atoms with E-state index in [-0.39, 0.29) is 37.9 Å². The minimum atomic E-state index is -3.00. The molecule has 2 aromatic carbocycles. The van der Waals surface area contributed by atoms with Crippen LogP contribution >= 0.6 is 0 Å². The third-order valence-corrected chi connectivity index (χ3v) is 27.1. The molecule has 280 valence electrons. The fraction of sp³-hybridized carbons (Fsp3) is 0.453. The summed E-state index contributed by atoms with van der Waals surface area (Å²) < 4.78 is 3.94. The van der Waals surface area contributed by atoms with E-state index in [0.717, 1.165) is 6.42 Å². The van der Waals surface area contributed by atoms with E-state index >= 15 is 0 Å². The molecule has 0 bridgehead atoms. The van der Waals surface area contributed by atoms with Crippen LogP contribution in [0.3, 0.4) is 0 Å². The quantitative estimate of drug-likeness (QED) is 0.273. The zero-order valence-electron chi connectivity index (χ0n) is 35.2. The van der Waals surface area contributed by atoms with Gasteiger partial charge < -0.3 is 0 Å². The average molecular weight is 792 g/mol. The van der Waals surface area contributed by atoms with Crippen LogP contribution in [0.25, 0.3) is 0 Å². The van der Waals surface area contributed by atoms with Crippen molar-refractivity contribution in [3.63, 3.8) is 0 Å². The van der Waals surface area contributed by atoms with Crippen molar-refractivity contribution in [1.29, 1.82) is 0 Å². The number of benzene rings is 2. The van der Waals surface area contributed by atoms with Crippen molar-refractivity contribution < 1.29 is 21.3 Å². The molecule has 0 N–H and O–H groups in total. The summed E-state index contributed by atoms with van der Waals surface area (Å²) in [6.45, 7) is 30.7. The predicted molar refractivity (Wildman–Crippen MR) is 230 cm³/mol. The number of hydrogen-bond acceptors (Lipinski definition) is 0. The summed E-state index contributed by atoms with van der Waals surface area (Å²) in [7, 11) is 0. The maximum atomic E-state index is 2.83. The van der Waals surface area contributed by atoms with Crippen molar-refractivity contribution in [3.8, 4) is 0 Å². The maximum absolute atomic E-state index is 3.00. The first kappa shape index (κ1) is 38.0. The van der Waals surface area contributed by atoms with Gasteiger partial charge in [0.1, 0.15) is 0 Å². The van der Waals surface area contributed by atoms with Crippen molar-refractivity contribution in [1.82, 2.24) is 0 Å². The third-order valence-electron chi connectivity index (χ3n) is 17.9. The molecule has 2 aromatic rings. The topological polar surface area (TPSA) is 0 Å². The van der Waals surface area contributed by atoms with Gasteiger partial charge in [-0.3, -0.25) is 0 Å². The molecule has 1 heteroatoms. The zero-order chi connectivity index (χ0) is 38.7. The molecule has 0 aliphatic heterocycles. The van der Waals surface area contributed by atoms with Crippen molar-refractivity contribution in [2.45, 2.75) is 105 Å². The Morgan fingerprint density at radius 2 is 1.07 bits per heavy atom. The normalized spacial score (nSPS) is 39.7. The molecule has 0 heterocycles. The Labute approximate surface area is 335 Å². The molecule has 0 spiro atoms. The summed E-state index contributed by atoms with van der Waals surface area (Å²) in [5.74, 6) is 1.42. The van der Waals surface area contributed by atoms with Gasteiger partial charge in [0.15, 0.2) is 0 Å². The van der Waals surface area contributed by atoms with Gasteiger partial charge in [-0.05, 0) is 0 Å². The molecule has 6 aliphatic carbocycles. The summed E-state index contributed by atoms with van der Waals surface area (Å²) >= 11 is -3.00. The second-order valence-corrected chi connectivity index (χ2v) is 26.1. The Bertz CT molecular complexity index is 2100. The van der Waals surface area contributed by atoms with E-state index in [1.807, 2.05) is 0 Å².